The lowest BCUT2D eigenvalue weighted by Gasteiger charge is -2.30. The van der Waals surface area contributed by atoms with Gasteiger partial charge in [-0.2, -0.15) is 0 Å². The maximum Gasteiger partial charge on any atom is 0.216 e. The topological polar surface area (TPSA) is 66.4 Å². The van der Waals surface area contributed by atoms with Gasteiger partial charge in [0.25, 0.3) is 0 Å². The Balaban J connectivity index is 2.03. The van der Waals surface area contributed by atoms with Crippen molar-refractivity contribution in [3.05, 3.63) is 35.4 Å². The molecule has 2 unspecified atom stereocenters. The van der Waals surface area contributed by atoms with Crippen LogP contribution in [0.5, 0.6) is 0 Å². The third-order valence-corrected chi connectivity index (χ3v) is 5.29. The molecule has 4 nitrogen and oxygen atoms in total. The highest BCUT2D eigenvalue weighted by Crippen LogP contribution is 2.25. The summed E-state index contributed by atoms with van der Waals surface area (Å²) in [6.45, 7) is 2.00. The van der Waals surface area contributed by atoms with Crippen LogP contribution in [-0.4, -0.2) is 26.2 Å². The van der Waals surface area contributed by atoms with Gasteiger partial charge in [-0.3, -0.25) is 0 Å². The smallest absolute Gasteiger partial charge is 0.216 e. The van der Waals surface area contributed by atoms with Gasteiger partial charge in [0.15, 0.2) is 0 Å². The summed E-state index contributed by atoms with van der Waals surface area (Å²) in [6.07, 6.45) is 3.81. The van der Waals surface area contributed by atoms with Crippen molar-refractivity contribution in [1.82, 2.24) is 4.72 Å². The summed E-state index contributed by atoms with van der Waals surface area (Å²) in [5.74, 6) is 0.0552. The van der Waals surface area contributed by atoms with Crippen molar-refractivity contribution >= 4 is 10.0 Å². The Labute approximate surface area is 121 Å². The molecule has 1 aromatic rings. The average Bonchev–Trinajstić information content (AvgIpc) is 2.38. The maximum absolute atomic E-state index is 12.2. The highest BCUT2D eigenvalue weighted by molar-refractivity contribution is 7.88. The highest BCUT2D eigenvalue weighted by Gasteiger charge is 2.28. The van der Waals surface area contributed by atoms with Crippen molar-refractivity contribution in [2.45, 2.75) is 44.4 Å². The quantitative estimate of drug-likeness (QED) is 0.873. The zero-order valence-electron chi connectivity index (χ0n) is 11.9. The van der Waals surface area contributed by atoms with Crippen molar-refractivity contribution in [3.63, 3.8) is 0 Å². The molecule has 2 atom stereocenters. The van der Waals surface area contributed by atoms with Gasteiger partial charge in [0.05, 0.1) is 5.75 Å². The SMILES string of the molecule is Cc1cccc(CS(=O)(=O)NC2CCCCC2CO)c1. The van der Waals surface area contributed by atoms with Crippen molar-refractivity contribution in [2.24, 2.45) is 5.92 Å². The van der Waals surface area contributed by atoms with E-state index in [2.05, 4.69) is 4.72 Å². The minimum atomic E-state index is -3.36. The first kappa shape index (κ1) is 15.5. The minimum absolute atomic E-state index is 0.00330. The fourth-order valence-electron chi connectivity index (χ4n) is 2.87. The van der Waals surface area contributed by atoms with Crippen LogP contribution in [0.15, 0.2) is 24.3 Å². The minimum Gasteiger partial charge on any atom is -0.396 e. The van der Waals surface area contributed by atoms with E-state index in [1.807, 2.05) is 31.2 Å². The van der Waals surface area contributed by atoms with E-state index in [1.165, 1.54) is 0 Å². The number of aliphatic hydroxyl groups excluding tert-OH is 1. The van der Waals surface area contributed by atoms with Gasteiger partial charge in [0, 0.05) is 12.6 Å². The number of aliphatic hydroxyl groups is 1. The van der Waals surface area contributed by atoms with Crippen molar-refractivity contribution in [1.29, 1.82) is 0 Å². The molecule has 1 saturated carbocycles. The zero-order valence-corrected chi connectivity index (χ0v) is 12.7. The van der Waals surface area contributed by atoms with E-state index in [0.717, 1.165) is 36.8 Å². The molecular formula is C15H23NO3S. The lowest BCUT2D eigenvalue weighted by Crippen LogP contribution is -2.43. The van der Waals surface area contributed by atoms with Gasteiger partial charge in [-0.1, -0.05) is 42.7 Å². The number of sulfonamides is 1. The number of rotatable bonds is 5. The van der Waals surface area contributed by atoms with Gasteiger partial charge in [0.2, 0.25) is 10.0 Å². The summed E-state index contributed by atoms with van der Waals surface area (Å²) >= 11 is 0. The van der Waals surface area contributed by atoms with E-state index < -0.39 is 10.0 Å². The molecular weight excluding hydrogens is 274 g/mol. The lowest BCUT2D eigenvalue weighted by atomic mass is 9.86. The Bertz CT molecular complexity index is 542. The van der Waals surface area contributed by atoms with E-state index in [9.17, 15) is 13.5 Å². The summed E-state index contributed by atoms with van der Waals surface area (Å²) in [5.41, 5.74) is 1.86. The largest absolute Gasteiger partial charge is 0.396 e. The van der Waals surface area contributed by atoms with Crippen LogP contribution >= 0.6 is 0 Å². The zero-order chi connectivity index (χ0) is 14.6. The van der Waals surface area contributed by atoms with Crippen LogP contribution in [0, 0.1) is 12.8 Å². The van der Waals surface area contributed by atoms with E-state index in [4.69, 9.17) is 0 Å². The van der Waals surface area contributed by atoms with Crippen molar-refractivity contribution < 1.29 is 13.5 Å². The van der Waals surface area contributed by atoms with Crippen LogP contribution in [0.2, 0.25) is 0 Å². The number of nitrogens with one attached hydrogen (secondary N) is 1. The number of hydrogen-bond donors (Lipinski definition) is 2. The number of hydrogen-bond acceptors (Lipinski definition) is 3. The molecule has 1 aromatic carbocycles. The summed E-state index contributed by atoms with van der Waals surface area (Å²) < 4.78 is 27.3. The van der Waals surface area contributed by atoms with Gasteiger partial charge < -0.3 is 5.11 Å². The van der Waals surface area contributed by atoms with Crippen LogP contribution in [0.1, 0.15) is 36.8 Å². The second-order valence-corrected chi connectivity index (χ2v) is 7.45. The Morgan fingerprint density at radius 1 is 1.30 bits per heavy atom. The summed E-state index contributed by atoms with van der Waals surface area (Å²) in [4.78, 5) is 0. The molecule has 0 aliphatic heterocycles. The normalized spacial score (nSPS) is 23.7. The van der Waals surface area contributed by atoms with Gasteiger partial charge in [-0.15, -0.1) is 0 Å². The molecule has 2 rings (SSSR count). The Hall–Kier alpha value is -0.910. The van der Waals surface area contributed by atoms with E-state index in [1.54, 1.807) is 0 Å². The first-order valence-electron chi connectivity index (χ1n) is 7.16. The number of aryl methyl sites for hydroxylation is 1. The first-order chi connectivity index (χ1) is 9.50. The van der Waals surface area contributed by atoms with Crippen molar-refractivity contribution in [2.75, 3.05) is 6.61 Å². The number of benzene rings is 1. The van der Waals surface area contributed by atoms with Crippen LogP contribution < -0.4 is 4.72 Å². The first-order valence-corrected chi connectivity index (χ1v) is 8.82. The third kappa shape index (κ3) is 4.30. The predicted octanol–water partition coefficient (Wildman–Crippen LogP) is 1.97. The van der Waals surface area contributed by atoms with Gasteiger partial charge in [0.1, 0.15) is 0 Å². The molecule has 1 aliphatic rings. The molecule has 0 amide bonds. The predicted molar refractivity (Wildman–Crippen MR) is 79.8 cm³/mol. The Morgan fingerprint density at radius 3 is 2.75 bits per heavy atom. The molecule has 0 aromatic heterocycles. The maximum atomic E-state index is 12.2. The molecule has 0 saturated heterocycles. The van der Waals surface area contributed by atoms with E-state index in [-0.39, 0.29) is 24.3 Å². The van der Waals surface area contributed by atoms with E-state index in [0.29, 0.717) is 0 Å². The molecule has 0 heterocycles. The van der Waals surface area contributed by atoms with Crippen LogP contribution in [0.3, 0.4) is 0 Å². The standard InChI is InChI=1S/C15H23NO3S/c1-12-5-4-6-13(9-12)11-20(18,19)16-15-8-3-2-7-14(15)10-17/h4-6,9,14-17H,2-3,7-8,10-11H2,1H3. The summed E-state index contributed by atoms with van der Waals surface area (Å²) in [7, 11) is -3.36. The van der Waals surface area contributed by atoms with Crippen LogP contribution in [0.4, 0.5) is 0 Å². The van der Waals surface area contributed by atoms with Crippen LogP contribution in [0.25, 0.3) is 0 Å². The molecule has 1 fully saturated rings. The fraction of sp³-hybridized carbons (Fsp3) is 0.600. The highest BCUT2D eigenvalue weighted by atomic mass is 32.2. The second-order valence-electron chi connectivity index (χ2n) is 5.70. The molecule has 2 N–H and O–H groups in total. The Morgan fingerprint density at radius 2 is 2.05 bits per heavy atom. The van der Waals surface area contributed by atoms with Crippen molar-refractivity contribution in [3.8, 4) is 0 Å². The van der Waals surface area contributed by atoms with E-state index >= 15 is 0 Å². The summed E-state index contributed by atoms with van der Waals surface area (Å²) in [6, 6.07) is 7.42. The molecule has 0 spiro atoms. The Kier molecular flexibility index (Phi) is 5.18. The molecule has 0 radical (unpaired) electrons. The summed E-state index contributed by atoms with van der Waals surface area (Å²) in [5, 5.41) is 9.35. The monoisotopic (exact) mass is 297 g/mol. The molecule has 20 heavy (non-hydrogen) atoms. The van der Waals surface area contributed by atoms with Gasteiger partial charge in [-0.05, 0) is 31.2 Å². The molecule has 1 aliphatic carbocycles. The lowest BCUT2D eigenvalue weighted by molar-refractivity contribution is 0.164. The third-order valence-electron chi connectivity index (χ3n) is 3.91. The average molecular weight is 297 g/mol. The second kappa shape index (κ2) is 6.70. The van der Waals surface area contributed by atoms with Crippen LogP contribution in [-0.2, 0) is 15.8 Å². The van der Waals surface area contributed by atoms with Gasteiger partial charge >= 0.3 is 0 Å². The molecule has 112 valence electrons. The molecule has 5 heteroatoms. The van der Waals surface area contributed by atoms with Gasteiger partial charge in [-0.25, -0.2) is 13.1 Å². The fourth-order valence-corrected chi connectivity index (χ4v) is 4.35. The molecule has 0 bridgehead atoms.